The maximum atomic E-state index is 11.0. The van der Waals surface area contributed by atoms with Crippen LogP contribution < -0.4 is 16.0 Å². The molecule has 0 aromatic heterocycles. The van der Waals surface area contributed by atoms with Crippen molar-refractivity contribution in [1.82, 2.24) is 5.32 Å². The number of nitrogens with two attached hydrogens (primary N) is 1. The number of nitrogens with one attached hydrogen (secondary N) is 1. The van der Waals surface area contributed by atoms with E-state index >= 15 is 0 Å². The highest BCUT2D eigenvalue weighted by atomic mass is 16.1. The van der Waals surface area contributed by atoms with E-state index in [1.165, 1.54) is 11.3 Å². The Labute approximate surface area is 115 Å². The number of hydrogen-bond acceptors (Lipinski definition) is 4. The lowest BCUT2D eigenvalue weighted by Crippen LogP contribution is -2.40. The Morgan fingerprint density at radius 2 is 2.05 bits per heavy atom. The van der Waals surface area contributed by atoms with Crippen molar-refractivity contribution < 1.29 is 4.79 Å². The lowest BCUT2D eigenvalue weighted by molar-refractivity contribution is -0.116. The summed E-state index contributed by atoms with van der Waals surface area (Å²) in [4.78, 5) is 13.4. The smallest absolute Gasteiger partial charge is 0.143 e. The third-order valence-corrected chi connectivity index (χ3v) is 3.56. The van der Waals surface area contributed by atoms with Gasteiger partial charge in [0.05, 0.1) is 6.54 Å². The molecule has 3 N–H and O–H groups in total. The quantitative estimate of drug-likeness (QED) is 0.838. The molecule has 1 aliphatic heterocycles. The predicted molar refractivity (Wildman–Crippen MR) is 78.3 cm³/mol. The fourth-order valence-electron chi connectivity index (χ4n) is 2.48. The molecule has 4 nitrogen and oxygen atoms in total. The van der Waals surface area contributed by atoms with Crippen LogP contribution in [0.1, 0.15) is 25.3 Å². The average Bonchev–Trinajstić information content (AvgIpc) is 2.40. The van der Waals surface area contributed by atoms with Crippen LogP contribution in [0.4, 0.5) is 5.69 Å². The Bertz CT molecular complexity index is 425. The molecule has 1 aromatic rings. The van der Waals surface area contributed by atoms with Crippen LogP contribution in [0.15, 0.2) is 24.3 Å². The molecule has 1 saturated heterocycles. The van der Waals surface area contributed by atoms with Crippen molar-refractivity contribution in [3.05, 3.63) is 29.8 Å². The summed E-state index contributed by atoms with van der Waals surface area (Å²) in [5, 5.41) is 3.19. The molecule has 4 heteroatoms. The van der Waals surface area contributed by atoms with E-state index in [-0.39, 0.29) is 5.78 Å². The van der Waals surface area contributed by atoms with E-state index in [2.05, 4.69) is 28.4 Å². The van der Waals surface area contributed by atoms with Gasteiger partial charge in [0, 0.05) is 31.4 Å². The second-order valence-corrected chi connectivity index (χ2v) is 5.26. The van der Waals surface area contributed by atoms with Crippen molar-refractivity contribution in [2.24, 2.45) is 5.73 Å². The molecule has 104 valence electrons. The Morgan fingerprint density at radius 1 is 1.37 bits per heavy atom. The molecule has 0 atom stereocenters. The van der Waals surface area contributed by atoms with Crippen LogP contribution in [-0.2, 0) is 11.3 Å². The van der Waals surface area contributed by atoms with Gasteiger partial charge in [0.1, 0.15) is 5.78 Å². The van der Waals surface area contributed by atoms with Gasteiger partial charge in [-0.25, -0.2) is 0 Å². The Morgan fingerprint density at radius 3 is 2.74 bits per heavy atom. The molecule has 1 aromatic carbocycles. The molecule has 1 heterocycles. The summed E-state index contributed by atoms with van der Waals surface area (Å²) in [5.74, 6) is 0.168. The molecule has 0 spiro atoms. The highest BCUT2D eigenvalue weighted by Gasteiger charge is 2.18. The first-order valence-electron chi connectivity index (χ1n) is 6.95. The van der Waals surface area contributed by atoms with E-state index in [1.807, 2.05) is 6.07 Å². The summed E-state index contributed by atoms with van der Waals surface area (Å²) in [6.07, 6.45) is 2.10. The van der Waals surface area contributed by atoms with Crippen molar-refractivity contribution in [3.8, 4) is 0 Å². The molecular weight excluding hydrogens is 238 g/mol. The number of rotatable bonds is 5. The zero-order chi connectivity index (χ0) is 13.7. The zero-order valence-electron chi connectivity index (χ0n) is 11.6. The molecule has 0 saturated carbocycles. The predicted octanol–water partition coefficient (Wildman–Crippen LogP) is 1.29. The summed E-state index contributed by atoms with van der Waals surface area (Å²) in [6.45, 7) is 4.80. The first kappa shape index (κ1) is 14.0. The SMILES string of the molecule is CC(=O)CNCc1ccccc1N1CCC(N)CC1. The van der Waals surface area contributed by atoms with Gasteiger partial charge >= 0.3 is 0 Å². The first-order valence-corrected chi connectivity index (χ1v) is 6.95. The van der Waals surface area contributed by atoms with Crippen LogP contribution in [0, 0.1) is 0 Å². The number of Topliss-reactive ketones (excluding diaryl/α,β-unsaturated/α-hetero) is 1. The lowest BCUT2D eigenvalue weighted by Gasteiger charge is -2.33. The van der Waals surface area contributed by atoms with Gasteiger partial charge in [0.25, 0.3) is 0 Å². The summed E-state index contributed by atoms with van der Waals surface area (Å²) in [6, 6.07) is 8.74. The normalized spacial score (nSPS) is 16.6. The van der Waals surface area contributed by atoms with Gasteiger partial charge in [-0.1, -0.05) is 18.2 Å². The topological polar surface area (TPSA) is 58.4 Å². The average molecular weight is 261 g/mol. The minimum atomic E-state index is 0.168. The summed E-state index contributed by atoms with van der Waals surface area (Å²) >= 11 is 0. The van der Waals surface area contributed by atoms with Crippen molar-refractivity contribution >= 4 is 11.5 Å². The maximum Gasteiger partial charge on any atom is 0.143 e. The van der Waals surface area contributed by atoms with Crippen molar-refractivity contribution in [2.45, 2.75) is 32.4 Å². The van der Waals surface area contributed by atoms with E-state index in [4.69, 9.17) is 5.73 Å². The van der Waals surface area contributed by atoms with E-state index in [9.17, 15) is 4.79 Å². The van der Waals surface area contributed by atoms with Crippen LogP contribution in [0.25, 0.3) is 0 Å². The molecule has 0 radical (unpaired) electrons. The van der Waals surface area contributed by atoms with Gasteiger partial charge in [0.2, 0.25) is 0 Å². The number of anilines is 1. The van der Waals surface area contributed by atoms with Crippen molar-refractivity contribution in [2.75, 3.05) is 24.5 Å². The van der Waals surface area contributed by atoms with E-state index in [0.29, 0.717) is 12.6 Å². The third kappa shape index (κ3) is 4.04. The Kier molecular flexibility index (Phi) is 4.93. The monoisotopic (exact) mass is 261 g/mol. The molecule has 2 rings (SSSR count). The van der Waals surface area contributed by atoms with Crippen molar-refractivity contribution in [1.29, 1.82) is 0 Å². The van der Waals surface area contributed by atoms with Gasteiger partial charge in [0.15, 0.2) is 0 Å². The van der Waals surface area contributed by atoms with Gasteiger partial charge < -0.3 is 16.0 Å². The second-order valence-electron chi connectivity index (χ2n) is 5.26. The number of ketones is 1. The summed E-state index contributed by atoms with van der Waals surface area (Å²) in [5.41, 5.74) is 8.47. The van der Waals surface area contributed by atoms with E-state index in [1.54, 1.807) is 6.92 Å². The fourth-order valence-corrected chi connectivity index (χ4v) is 2.48. The molecule has 1 fully saturated rings. The molecule has 0 unspecified atom stereocenters. The molecule has 0 aliphatic carbocycles. The Hall–Kier alpha value is -1.39. The highest BCUT2D eigenvalue weighted by Crippen LogP contribution is 2.23. The van der Waals surface area contributed by atoms with Crippen LogP contribution in [-0.4, -0.2) is 31.5 Å². The number of benzene rings is 1. The first-order chi connectivity index (χ1) is 9.16. The number of para-hydroxylation sites is 1. The molecular formula is C15H23N3O. The highest BCUT2D eigenvalue weighted by molar-refractivity contribution is 5.77. The summed E-state index contributed by atoms with van der Waals surface area (Å²) < 4.78 is 0. The third-order valence-electron chi connectivity index (χ3n) is 3.56. The van der Waals surface area contributed by atoms with Crippen molar-refractivity contribution in [3.63, 3.8) is 0 Å². The van der Waals surface area contributed by atoms with E-state index < -0.39 is 0 Å². The summed E-state index contributed by atoms with van der Waals surface area (Å²) in [7, 11) is 0. The zero-order valence-corrected chi connectivity index (χ0v) is 11.6. The molecule has 0 amide bonds. The van der Waals surface area contributed by atoms with Crippen LogP contribution in [0.3, 0.4) is 0 Å². The largest absolute Gasteiger partial charge is 0.371 e. The molecule has 0 bridgehead atoms. The number of carbonyl (C=O) groups is 1. The number of nitrogens with zero attached hydrogens (tertiary/aromatic N) is 1. The number of piperidine rings is 1. The van der Waals surface area contributed by atoms with Crippen LogP contribution in [0.2, 0.25) is 0 Å². The maximum absolute atomic E-state index is 11.0. The molecule has 19 heavy (non-hydrogen) atoms. The fraction of sp³-hybridized carbons (Fsp3) is 0.533. The Balaban J connectivity index is 2.01. The van der Waals surface area contributed by atoms with E-state index in [0.717, 1.165) is 32.5 Å². The van der Waals surface area contributed by atoms with Crippen LogP contribution >= 0.6 is 0 Å². The standard InChI is InChI=1S/C15H23N3O/c1-12(19)10-17-11-13-4-2-3-5-15(13)18-8-6-14(16)7-9-18/h2-5,14,17H,6-11,16H2,1H3. The minimum absolute atomic E-state index is 0.168. The van der Waals surface area contributed by atoms with Crippen LogP contribution in [0.5, 0.6) is 0 Å². The minimum Gasteiger partial charge on any atom is -0.371 e. The number of hydrogen-bond donors (Lipinski definition) is 2. The van der Waals surface area contributed by atoms with Gasteiger partial charge in [-0.3, -0.25) is 4.79 Å². The van der Waals surface area contributed by atoms with Gasteiger partial charge in [-0.15, -0.1) is 0 Å². The van der Waals surface area contributed by atoms with Gasteiger partial charge in [-0.05, 0) is 31.4 Å². The van der Waals surface area contributed by atoms with Gasteiger partial charge in [-0.2, -0.15) is 0 Å². The molecule has 1 aliphatic rings. The second kappa shape index (κ2) is 6.68. The lowest BCUT2D eigenvalue weighted by atomic mass is 10.0. The number of carbonyl (C=O) groups excluding carboxylic acids is 1.